The molecule has 1 unspecified atom stereocenters. The van der Waals surface area contributed by atoms with Gasteiger partial charge in [-0.3, -0.25) is 4.79 Å². The number of carbonyl (C=O) groups excluding carboxylic acids is 1. The minimum Gasteiger partial charge on any atom is -0.463 e. The highest BCUT2D eigenvalue weighted by Gasteiger charge is 2.44. The predicted molar refractivity (Wildman–Crippen MR) is 90.1 cm³/mol. The fourth-order valence-electron chi connectivity index (χ4n) is 2.59. The Balaban J connectivity index is 2.22. The first-order valence-electron chi connectivity index (χ1n) is 9.16. The highest BCUT2D eigenvalue weighted by Crippen LogP contribution is 2.22. The van der Waals surface area contributed by atoms with E-state index in [0.29, 0.717) is 6.42 Å². The number of rotatable bonds is 12. The minimum absolute atomic E-state index is 0.259. The van der Waals surface area contributed by atoms with E-state index in [4.69, 9.17) is 19.3 Å². The van der Waals surface area contributed by atoms with Gasteiger partial charge in [0.05, 0.1) is 13.2 Å². The number of ether oxygens (including phenoxy) is 3. The highest BCUT2D eigenvalue weighted by atomic mass is 16.7. The Morgan fingerprint density at radius 3 is 2.38 bits per heavy atom. The third kappa shape index (κ3) is 7.83. The number of aliphatic hydroxyl groups is 5. The number of unbranched alkanes of at least 4 members (excludes halogenated alkanes) is 4. The number of esters is 1. The van der Waals surface area contributed by atoms with E-state index in [1.165, 1.54) is 0 Å². The fraction of sp³-hybridized carbons (Fsp3) is 0.941. The van der Waals surface area contributed by atoms with Crippen LogP contribution in [0.15, 0.2) is 0 Å². The van der Waals surface area contributed by atoms with E-state index in [-0.39, 0.29) is 13.2 Å². The smallest absolute Gasteiger partial charge is 0.305 e. The number of carbonyl (C=O) groups is 1. The van der Waals surface area contributed by atoms with Crippen molar-refractivity contribution in [1.82, 2.24) is 0 Å². The summed E-state index contributed by atoms with van der Waals surface area (Å²) in [5, 5.41) is 48.0. The van der Waals surface area contributed by atoms with Gasteiger partial charge in [-0.25, -0.2) is 0 Å². The summed E-state index contributed by atoms with van der Waals surface area (Å²) in [6, 6.07) is 0. The molecule has 9 nitrogen and oxygen atoms in total. The van der Waals surface area contributed by atoms with Crippen molar-refractivity contribution in [3.05, 3.63) is 0 Å². The normalized spacial score (nSPS) is 30.2. The van der Waals surface area contributed by atoms with E-state index in [2.05, 4.69) is 6.92 Å². The van der Waals surface area contributed by atoms with Gasteiger partial charge in [0.15, 0.2) is 6.29 Å². The van der Waals surface area contributed by atoms with E-state index in [1.807, 2.05) is 0 Å². The van der Waals surface area contributed by atoms with E-state index in [0.717, 1.165) is 32.1 Å². The van der Waals surface area contributed by atoms with Crippen LogP contribution in [0.1, 0.15) is 45.4 Å². The Kier molecular flexibility index (Phi) is 11.2. The molecule has 1 aliphatic rings. The lowest BCUT2D eigenvalue weighted by Crippen LogP contribution is -2.59. The molecule has 0 saturated carbocycles. The second-order valence-corrected chi connectivity index (χ2v) is 6.53. The van der Waals surface area contributed by atoms with E-state index < -0.39 is 49.4 Å². The molecule has 5 N–H and O–H groups in total. The summed E-state index contributed by atoms with van der Waals surface area (Å²) in [7, 11) is 0. The molecule has 0 amide bonds. The van der Waals surface area contributed by atoms with E-state index >= 15 is 0 Å². The molecule has 0 aromatic carbocycles. The molecular formula is C17H32O9. The van der Waals surface area contributed by atoms with Gasteiger partial charge in [0.25, 0.3) is 0 Å². The quantitative estimate of drug-likeness (QED) is 0.214. The van der Waals surface area contributed by atoms with Crippen molar-refractivity contribution < 1.29 is 44.5 Å². The molecule has 6 atom stereocenters. The largest absolute Gasteiger partial charge is 0.463 e. The molecule has 0 bridgehead atoms. The lowest BCUT2D eigenvalue weighted by molar-refractivity contribution is -0.305. The summed E-state index contributed by atoms with van der Waals surface area (Å²) < 4.78 is 15.3. The molecule has 0 aliphatic carbocycles. The van der Waals surface area contributed by atoms with Crippen LogP contribution < -0.4 is 0 Å². The summed E-state index contributed by atoms with van der Waals surface area (Å²) in [6.45, 7) is 0.975. The first-order chi connectivity index (χ1) is 12.4. The third-order valence-corrected chi connectivity index (χ3v) is 4.22. The molecule has 1 rings (SSSR count). The van der Waals surface area contributed by atoms with Crippen LogP contribution in [0.3, 0.4) is 0 Å². The molecule has 1 heterocycles. The topological polar surface area (TPSA) is 146 Å². The first-order valence-corrected chi connectivity index (χ1v) is 9.16. The van der Waals surface area contributed by atoms with Gasteiger partial charge in [-0.2, -0.15) is 0 Å². The average molecular weight is 380 g/mol. The molecule has 0 radical (unpaired) electrons. The average Bonchev–Trinajstić information content (AvgIpc) is 2.63. The highest BCUT2D eigenvalue weighted by molar-refractivity contribution is 5.69. The van der Waals surface area contributed by atoms with Crippen molar-refractivity contribution in [1.29, 1.82) is 0 Å². The van der Waals surface area contributed by atoms with E-state index in [9.17, 15) is 25.2 Å². The molecule has 0 aromatic rings. The SMILES string of the molecule is CCCCCCCC(=O)OC[C@@H](O)COC1O[C@H](CO)[C@@H](O)[C@H](O)[C@H]1O. The Hall–Kier alpha value is -0.810. The zero-order valence-electron chi connectivity index (χ0n) is 15.2. The van der Waals surface area contributed by atoms with Crippen LogP contribution in [-0.2, 0) is 19.0 Å². The molecule has 154 valence electrons. The summed E-state index contributed by atoms with van der Waals surface area (Å²) in [5.74, 6) is -0.395. The monoisotopic (exact) mass is 380 g/mol. The lowest BCUT2D eigenvalue weighted by Gasteiger charge is -2.39. The van der Waals surface area contributed by atoms with Crippen molar-refractivity contribution >= 4 is 5.97 Å². The van der Waals surface area contributed by atoms with Crippen molar-refractivity contribution in [2.24, 2.45) is 0 Å². The Morgan fingerprint density at radius 2 is 1.73 bits per heavy atom. The second-order valence-electron chi connectivity index (χ2n) is 6.53. The molecule has 0 aromatic heterocycles. The van der Waals surface area contributed by atoms with Crippen molar-refractivity contribution in [2.45, 2.75) is 82.3 Å². The van der Waals surface area contributed by atoms with Gasteiger partial charge in [0, 0.05) is 6.42 Å². The number of aliphatic hydroxyl groups excluding tert-OH is 5. The first kappa shape index (κ1) is 23.2. The lowest BCUT2D eigenvalue weighted by atomic mass is 9.99. The summed E-state index contributed by atoms with van der Waals surface area (Å²) in [4.78, 5) is 11.6. The second kappa shape index (κ2) is 12.6. The Bertz CT molecular complexity index is 390. The van der Waals surface area contributed by atoms with Gasteiger partial charge in [-0.05, 0) is 6.42 Å². The van der Waals surface area contributed by atoms with Crippen LogP contribution in [0, 0.1) is 0 Å². The summed E-state index contributed by atoms with van der Waals surface area (Å²) in [5.41, 5.74) is 0. The van der Waals surface area contributed by atoms with Crippen molar-refractivity contribution in [3.63, 3.8) is 0 Å². The molecular weight excluding hydrogens is 348 g/mol. The van der Waals surface area contributed by atoms with E-state index in [1.54, 1.807) is 0 Å². The van der Waals surface area contributed by atoms with Crippen LogP contribution in [0.5, 0.6) is 0 Å². The summed E-state index contributed by atoms with van der Waals surface area (Å²) >= 11 is 0. The van der Waals surface area contributed by atoms with Crippen LogP contribution in [0.4, 0.5) is 0 Å². The van der Waals surface area contributed by atoms with Gasteiger partial charge in [-0.15, -0.1) is 0 Å². The molecule has 0 spiro atoms. The number of hydrogen-bond donors (Lipinski definition) is 5. The molecule has 1 saturated heterocycles. The summed E-state index contributed by atoms with van der Waals surface area (Å²) in [6.07, 6.45) is -2.74. The zero-order valence-corrected chi connectivity index (χ0v) is 15.2. The maximum Gasteiger partial charge on any atom is 0.305 e. The maximum absolute atomic E-state index is 11.6. The van der Waals surface area contributed by atoms with Gasteiger partial charge < -0.3 is 39.7 Å². The fourth-order valence-corrected chi connectivity index (χ4v) is 2.59. The van der Waals surface area contributed by atoms with Crippen molar-refractivity contribution in [2.75, 3.05) is 19.8 Å². The standard InChI is InChI=1S/C17H32O9/c1-2-3-4-5-6-7-13(20)24-9-11(19)10-25-17-16(23)15(22)14(21)12(8-18)26-17/h11-12,14-19,21-23H,2-10H2,1H3/t11-,12-,14-,15+,16-,17?/m1/s1. The van der Waals surface area contributed by atoms with Gasteiger partial charge in [0.1, 0.15) is 37.1 Å². The van der Waals surface area contributed by atoms with Crippen LogP contribution in [-0.4, -0.2) is 88.1 Å². The Morgan fingerprint density at radius 1 is 1.04 bits per heavy atom. The minimum atomic E-state index is -1.55. The maximum atomic E-state index is 11.6. The third-order valence-electron chi connectivity index (χ3n) is 4.22. The Labute approximate surface area is 153 Å². The van der Waals surface area contributed by atoms with Gasteiger partial charge >= 0.3 is 5.97 Å². The van der Waals surface area contributed by atoms with Gasteiger partial charge in [0.2, 0.25) is 0 Å². The molecule has 1 fully saturated rings. The van der Waals surface area contributed by atoms with Crippen LogP contribution in [0.25, 0.3) is 0 Å². The van der Waals surface area contributed by atoms with Crippen molar-refractivity contribution in [3.8, 4) is 0 Å². The van der Waals surface area contributed by atoms with Crippen LogP contribution in [0.2, 0.25) is 0 Å². The zero-order chi connectivity index (χ0) is 19.5. The van der Waals surface area contributed by atoms with Crippen LogP contribution >= 0.6 is 0 Å². The molecule has 1 aliphatic heterocycles. The van der Waals surface area contributed by atoms with Gasteiger partial charge in [-0.1, -0.05) is 32.6 Å². The molecule has 9 heteroatoms. The number of hydrogen-bond acceptors (Lipinski definition) is 9. The predicted octanol–water partition coefficient (Wildman–Crippen LogP) is -0.932. The molecule has 26 heavy (non-hydrogen) atoms.